The molecular formula is C13H23N3O4S. The number of benzene rings is 1. The Labute approximate surface area is 126 Å². The summed E-state index contributed by atoms with van der Waals surface area (Å²) in [5.41, 5.74) is 6.92. The van der Waals surface area contributed by atoms with Crippen LogP contribution in [-0.4, -0.2) is 65.3 Å². The summed E-state index contributed by atoms with van der Waals surface area (Å²) in [4.78, 5) is 1.89. The van der Waals surface area contributed by atoms with Crippen molar-refractivity contribution in [1.82, 2.24) is 4.31 Å². The number of rotatable bonds is 7. The molecule has 7 nitrogen and oxygen atoms in total. The van der Waals surface area contributed by atoms with Crippen molar-refractivity contribution in [3.8, 4) is 0 Å². The number of nitrogens with two attached hydrogens (primary N) is 1. The van der Waals surface area contributed by atoms with E-state index in [0.717, 1.165) is 4.31 Å². The van der Waals surface area contributed by atoms with Gasteiger partial charge in [-0.2, -0.15) is 0 Å². The van der Waals surface area contributed by atoms with Crippen LogP contribution in [0.3, 0.4) is 0 Å². The van der Waals surface area contributed by atoms with Crippen molar-refractivity contribution in [2.24, 2.45) is 0 Å². The average Bonchev–Trinajstić information content (AvgIpc) is 2.38. The Balaban J connectivity index is 2.98. The Hall–Kier alpha value is -1.35. The van der Waals surface area contributed by atoms with E-state index in [4.69, 9.17) is 10.5 Å². The molecule has 0 spiro atoms. The Morgan fingerprint density at radius 1 is 1.33 bits per heavy atom. The first kappa shape index (κ1) is 17.7. The number of aliphatic hydroxyl groups excluding tert-OH is 1. The van der Waals surface area contributed by atoms with Crippen molar-refractivity contribution < 1.29 is 18.3 Å². The maximum absolute atomic E-state index is 12.0. The summed E-state index contributed by atoms with van der Waals surface area (Å²) >= 11 is 0. The first-order chi connectivity index (χ1) is 9.70. The number of ether oxygens (including phenoxy) is 1. The summed E-state index contributed by atoms with van der Waals surface area (Å²) in [5, 5.41) is 9.72. The van der Waals surface area contributed by atoms with Gasteiger partial charge in [-0.25, -0.2) is 12.7 Å². The van der Waals surface area contributed by atoms with E-state index in [9.17, 15) is 13.5 Å². The van der Waals surface area contributed by atoms with Crippen molar-refractivity contribution in [2.75, 3.05) is 52.0 Å². The minimum absolute atomic E-state index is 0.139. The van der Waals surface area contributed by atoms with Crippen LogP contribution in [-0.2, 0) is 14.8 Å². The van der Waals surface area contributed by atoms with Gasteiger partial charge in [-0.15, -0.1) is 0 Å². The molecule has 0 fully saturated rings. The predicted octanol–water partition coefficient (Wildman–Crippen LogP) is -0.0374. The highest BCUT2D eigenvalue weighted by Crippen LogP contribution is 2.26. The Bertz CT molecular complexity index is 575. The monoisotopic (exact) mass is 317 g/mol. The van der Waals surface area contributed by atoms with Crippen LogP contribution in [0.4, 0.5) is 11.4 Å². The van der Waals surface area contributed by atoms with Crippen LogP contribution in [0.1, 0.15) is 0 Å². The van der Waals surface area contributed by atoms with Gasteiger partial charge >= 0.3 is 0 Å². The van der Waals surface area contributed by atoms with Gasteiger partial charge in [-0.1, -0.05) is 0 Å². The second-order valence-electron chi connectivity index (χ2n) is 5.00. The zero-order valence-electron chi connectivity index (χ0n) is 12.8. The lowest BCUT2D eigenvalue weighted by molar-refractivity contribution is 0.0695. The average molecular weight is 317 g/mol. The van der Waals surface area contributed by atoms with Crippen LogP contribution in [0.2, 0.25) is 0 Å². The van der Waals surface area contributed by atoms with E-state index in [-0.39, 0.29) is 11.5 Å². The fourth-order valence-electron chi connectivity index (χ4n) is 1.91. The quantitative estimate of drug-likeness (QED) is 0.685. The molecule has 0 heterocycles. The Morgan fingerprint density at radius 2 is 1.95 bits per heavy atom. The molecule has 0 saturated heterocycles. The third kappa shape index (κ3) is 4.31. The molecule has 0 aliphatic carbocycles. The summed E-state index contributed by atoms with van der Waals surface area (Å²) in [6.45, 7) is 0.551. The van der Waals surface area contributed by atoms with E-state index in [1.807, 2.05) is 0 Å². The van der Waals surface area contributed by atoms with Crippen molar-refractivity contribution in [2.45, 2.75) is 11.0 Å². The first-order valence-corrected chi connectivity index (χ1v) is 7.84. The SMILES string of the molecule is COCC(O)CN(C)c1ccc(S(=O)(=O)N(C)C)cc1N. The van der Waals surface area contributed by atoms with Gasteiger partial charge < -0.3 is 20.5 Å². The van der Waals surface area contributed by atoms with Crippen LogP contribution in [0, 0.1) is 0 Å². The number of likely N-dealkylation sites (N-methyl/N-ethyl adjacent to an activating group) is 1. The summed E-state index contributed by atoms with van der Waals surface area (Å²) in [6, 6.07) is 4.55. The van der Waals surface area contributed by atoms with E-state index >= 15 is 0 Å². The van der Waals surface area contributed by atoms with E-state index in [1.165, 1.54) is 33.3 Å². The lowest BCUT2D eigenvalue weighted by atomic mass is 10.2. The second-order valence-corrected chi connectivity index (χ2v) is 7.15. The molecule has 1 aromatic carbocycles. The minimum Gasteiger partial charge on any atom is -0.397 e. The molecule has 120 valence electrons. The van der Waals surface area contributed by atoms with Crippen molar-refractivity contribution in [3.05, 3.63) is 18.2 Å². The van der Waals surface area contributed by atoms with Gasteiger partial charge in [0.15, 0.2) is 0 Å². The van der Waals surface area contributed by atoms with E-state index in [2.05, 4.69) is 0 Å². The summed E-state index contributed by atoms with van der Waals surface area (Å²) in [5.74, 6) is 0. The third-order valence-electron chi connectivity index (χ3n) is 3.03. The number of hydrogen-bond acceptors (Lipinski definition) is 6. The topological polar surface area (TPSA) is 96.1 Å². The maximum atomic E-state index is 12.0. The number of sulfonamides is 1. The van der Waals surface area contributed by atoms with Crippen molar-refractivity contribution in [3.63, 3.8) is 0 Å². The van der Waals surface area contributed by atoms with Gasteiger partial charge in [0, 0.05) is 34.8 Å². The Kier molecular flexibility index (Phi) is 5.97. The van der Waals surface area contributed by atoms with E-state index in [0.29, 0.717) is 17.9 Å². The molecule has 0 aliphatic heterocycles. The normalized spacial score (nSPS) is 13.4. The molecule has 1 rings (SSSR count). The third-order valence-corrected chi connectivity index (χ3v) is 4.84. The van der Waals surface area contributed by atoms with E-state index in [1.54, 1.807) is 18.0 Å². The van der Waals surface area contributed by atoms with Gasteiger partial charge in [0.2, 0.25) is 10.0 Å². The van der Waals surface area contributed by atoms with Gasteiger partial charge in [0.05, 0.1) is 29.0 Å². The highest BCUT2D eigenvalue weighted by atomic mass is 32.2. The number of methoxy groups -OCH3 is 1. The number of aliphatic hydroxyl groups is 1. The number of nitrogen functional groups attached to an aromatic ring is 1. The molecule has 21 heavy (non-hydrogen) atoms. The molecule has 8 heteroatoms. The summed E-state index contributed by atoms with van der Waals surface area (Å²) < 4.78 is 30.1. The molecule has 0 bridgehead atoms. The molecule has 3 N–H and O–H groups in total. The zero-order valence-corrected chi connectivity index (χ0v) is 13.6. The van der Waals surface area contributed by atoms with E-state index < -0.39 is 16.1 Å². The summed E-state index contributed by atoms with van der Waals surface area (Å²) in [6.07, 6.45) is -0.649. The molecule has 1 atom stereocenters. The highest BCUT2D eigenvalue weighted by Gasteiger charge is 2.19. The molecule has 0 radical (unpaired) electrons. The molecule has 0 aliphatic rings. The van der Waals surface area contributed by atoms with Crippen LogP contribution in [0.25, 0.3) is 0 Å². The molecule has 1 aromatic rings. The van der Waals surface area contributed by atoms with Crippen LogP contribution >= 0.6 is 0 Å². The fourth-order valence-corrected chi connectivity index (χ4v) is 2.85. The smallest absolute Gasteiger partial charge is 0.242 e. The number of nitrogens with zero attached hydrogens (tertiary/aromatic N) is 2. The number of anilines is 2. The Morgan fingerprint density at radius 3 is 2.43 bits per heavy atom. The minimum atomic E-state index is -3.51. The standard InChI is InChI=1S/C13H23N3O4S/c1-15(2)21(18,19)11-5-6-13(12(14)7-11)16(3)8-10(17)9-20-4/h5-7,10,17H,8-9,14H2,1-4H3. The van der Waals surface area contributed by atoms with Crippen molar-refractivity contribution >= 4 is 21.4 Å². The maximum Gasteiger partial charge on any atom is 0.242 e. The molecule has 0 amide bonds. The largest absolute Gasteiger partial charge is 0.397 e. The molecule has 1 unspecified atom stereocenters. The molecular weight excluding hydrogens is 294 g/mol. The lowest BCUT2D eigenvalue weighted by Gasteiger charge is -2.24. The van der Waals surface area contributed by atoms with Gasteiger partial charge in [0.25, 0.3) is 0 Å². The predicted molar refractivity (Wildman–Crippen MR) is 82.9 cm³/mol. The zero-order chi connectivity index (χ0) is 16.2. The molecule has 0 aromatic heterocycles. The lowest BCUT2D eigenvalue weighted by Crippen LogP contribution is -2.32. The first-order valence-electron chi connectivity index (χ1n) is 6.40. The summed E-state index contributed by atoms with van der Waals surface area (Å²) in [7, 11) is 2.70. The fraction of sp³-hybridized carbons (Fsp3) is 0.538. The number of hydrogen-bond donors (Lipinski definition) is 2. The van der Waals surface area contributed by atoms with Gasteiger partial charge in [-0.3, -0.25) is 0 Å². The van der Waals surface area contributed by atoms with Gasteiger partial charge in [-0.05, 0) is 18.2 Å². The van der Waals surface area contributed by atoms with Crippen LogP contribution < -0.4 is 10.6 Å². The van der Waals surface area contributed by atoms with Crippen LogP contribution in [0.15, 0.2) is 23.1 Å². The van der Waals surface area contributed by atoms with Gasteiger partial charge in [0.1, 0.15) is 0 Å². The highest BCUT2D eigenvalue weighted by molar-refractivity contribution is 7.89. The van der Waals surface area contributed by atoms with Crippen LogP contribution in [0.5, 0.6) is 0 Å². The van der Waals surface area contributed by atoms with Crippen molar-refractivity contribution in [1.29, 1.82) is 0 Å². The second kappa shape index (κ2) is 7.08. The molecule has 0 saturated carbocycles.